The molecule has 1 N–H and O–H groups in total. The minimum Gasteiger partial charge on any atom is -0.273 e. The van der Waals surface area contributed by atoms with Gasteiger partial charge in [-0.05, 0) is 31.6 Å². The molecule has 0 spiro atoms. The SMILES string of the molecule is CCCCCCC(=O)N/N=C1\CCCCC1C. The van der Waals surface area contributed by atoms with Crippen LogP contribution in [0, 0.1) is 5.92 Å². The van der Waals surface area contributed by atoms with Crippen LogP contribution in [0.3, 0.4) is 0 Å². The number of nitrogens with zero attached hydrogens (tertiary/aromatic N) is 1. The lowest BCUT2D eigenvalue weighted by molar-refractivity contribution is -0.121. The van der Waals surface area contributed by atoms with Gasteiger partial charge in [0.2, 0.25) is 5.91 Å². The third-order valence-electron chi connectivity index (χ3n) is 3.47. The molecule has 3 heteroatoms. The van der Waals surface area contributed by atoms with Crippen LogP contribution in [0.2, 0.25) is 0 Å². The lowest BCUT2D eigenvalue weighted by atomic mass is 9.89. The van der Waals surface area contributed by atoms with E-state index in [0.717, 1.165) is 19.3 Å². The number of hydrogen-bond donors (Lipinski definition) is 1. The fraction of sp³-hybridized carbons (Fsp3) is 0.857. The average Bonchev–Trinajstić information content (AvgIpc) is 2.34. The van der Waals surface area contributed by atoms with Crippen LogP contribution >= 0.6 is 0 Å². The summed E-state index contributed by atoms with van der Waals surface area (Å²) in [5.74, 6) is 0.621. The van der Waals surface area contributed by atoms with Gasteiger partial charge < -0.3 is 0 Å². The van der Waals surface area contributed by atoms with E-state index in [-0.39, 0.29) is 5.91 Å². The molecule has 0 radical (unpaired) electrons. The first-order valence-corrected chi connectivity index (χ1v) is 7.09. The molecule has 1 amide bonds. The number of carbonyl (C=O) groups is 1. The Morgan fingerprint density at radius 1 is 1.35 bits per heavy atom. The summed E-state index contributed by atoms with van der Waals surface area (Å²) in [6, 6.07) is 0. The Kier molecular flexibility index (Phi) is 6.90. The summed E-state index contributed by atoms with van der Waals surface area (Å²) in [4.78, 5) is 11.5. The molecule has 17 heavy (non-hydrogen) atoms. The normalized spacial score (nSPS) is 22.7. The first-order chi connectivity index (χ1) is 8.24. The summed E-state index contributed by atoms with van der Waals surface area (Å²) in [6.45, 7) is 4.38. The first-order valence-electron chi connectivity index (χ1n) is 7.09. The number of unbranched alkanes of at least 4 members (excludes halogenated alkanes) is 3. The van der Waals surface area contributed by atoms with Crippen molar-refractivity contribution in [3.05, 3.63) is 0 Å². The van der Waals surface area contributed by atoms with Crippen LogP contribution < -0.4 is 5.43 Å². The van der Waals surface area contributed by atoms with Gasteiger partial charge in [0.1, 0.15) is 0 Å². The van der Waals surface area contributed by atoms with Crippen molar-refractivity contribution in [3.8, 4) is 0 Å². The monoisotopic (exact) mass is 238 g/mol. The van der Waals surface area contributed by atoms with Crippen molar-refractivity contribution in [2.75, 3.05) is 0 Å². The van der Waals surface area contributed by atoms with E-state index in [0.29, 0.717) is 12.3 Å². The molecular weight excluding hydrogens is 212 g/mol. The van der Waals surface area contributed by atoms with Crippen LogP contribution in [0.25, 0.3) is 0 Å². The van der Waals surface area contributed by atoms with Gasteiger partial charge in [-0.2, -0.15) is 5.10 Å². The zero-order valence-corrected chi connectivity index (χ0v) is 11.3. The molecule has 1 unspecified atom stereocenters. The second-order valence-corrected chi connectivity index (χ2v) is 5.10. The summed E-state index contributed by atoms with van der Waals surface area (Å²) in [7, 11) is 0. The van der Waals surface area contributed by atoms with Crippen LogP contribution in [0.4, 0.5) is 0 Å². The topological polar surface area (TPSA) is 41.5 Å². The minimum absolute atomic E-state index is 0.0753. The maximum Gasteiger partial charge on any atom is 0.240 e. The molecule has 0 bridgehead atoms. The zero-order valence-electron chi connectivity index (χ0n) is 11.3. The molecule has 0 aromatic heterocycles. The quantitative estimate of drug-likeness (QED) is 0.557. The summed E-state index contributed by atoms with van der Waals surface area (Å²) < 4.78 is 0. The standard InChI is InChI=1S/C14H26N2O/c1-3-4-5-6-11-14(17)16-15-13-10-8-7-9-12(13)2/h12H,3-11H2,1-2H3,(H,16,17)/b15-13+. The molecule has 0 aromatic rings. The van der Waals surface area contributed by atoms with Gasteiger partial charge in [-0.25, -0.2) is 5.43 Å². The molecule has 0 aliphatic heterocycles. The van der Waals surface area contributed by atoms with Gasteiger partial charge in [-0.1, -0.05) is 39.5 Å². The molecule has 1 rings (SSSR count). The Bertz CT molecular complexity index is 261. The molecule has 0 aromatic carbocycles. The van der Waals surface area contributed by atoms with Crippen molar-refractivity contribution in [1.82, 2.24) is 5.43 Å². The lowest BCUT2D eigenvalue weighted by Gasteiger charge is -2.19. The number of rotatable bonds is 6. The van der Waals surface area contributed by atoms with Gasteiger partial charge in [0.25, 0.3) is 0 Å². The van der Waals surface area contributed by atoms with E-state index in [2.05, 4.69) is 24.4 Å². The van der Waals surface area contributed by atoms with Gasteiger partial charge in [0, 0.05) is 12.1 Å². The highest BCUT2D eigenvalue weighted by Gasteiger charge is 2.15. The molecule has 1 atom stereocenters. The summed E-state index contributed by atoms with van der Waals surface area (Å²) in [5, 5.41) is 4.28. The van der Waals surface area contributed by atoms with Crippen LogP contribution in [0.1, 0.15) is 71.6 Å². The van der Waals surface area contributed by atoms with Crippen molar-refractivity contribution >= 4 is 11.6 Å². The molecular formula is C14H26N2O. The van der Waals surface area contributed by atoms with E-state index in [1.54, 1.807) is 0 Å². The Labute approximate surface area is 105 Å². The largest absolute Gasteiger partial charge is 0.273 e. The number of hydrogen-bond acceptors (Lipinski definition) is 2. The second kappa shape index (κ2) is 8.26. The Morgan fingerprint density at radius 2 is 2.18 bits per heavy atom. The zero-order chi connectivity index (χ0) is 12.5. The van der Waals surface area contributed by atoms with Crippen molar-refractivity contribution in [1.29, 1.82) is 0 Å². The maximum atomic E-state index is 11.5. The number of nitrogens with one attached hydrogen (secondary N) is 1. The molecule has 1 aliphatic carbocycles. The van der Waals surface area contributed by atoms with Gasteiger partial charge in [0.15, 0.2) is 0 Å². The molecule has 0 saturated heterocycles. The lowest BCUT2D eigenvalue weighted by Crippen LogP contribution is -2.24. The number of hydrazone groups is 1. The highest BCUT2D eigenvalue weighted by Crippen LogP contribution is 2.20. The van der Waals surface area contributed by atoms with Crippen LogP contribution in [0.5, 0.6) is 0 Å². The Balaban J connectivity index is 2.19. The van der Waals surface area contributed by atoms with Gasteiger partial charge in [-0.3, -0.25) is 4.79 Å². The maximum absolute atomic E-state index is 11.5. The number of carbonyl (C=O) groups excluding carboxylic acids is 1. The summed E-state index contributed by atoms with van der Waals surface area (Å²) >= 11 is 0. The van der Waals surface area contributed by atoms with Gasteiger partial charge in [0.05, 0.1) is 0 Å². The number of amides is 1. The van der Waals surface area contributed by atoms with Crippen molar-refractivity contribution in [3.63, 3.8) is 0 Å². The fourth-order valence-electron chi connectivity index (χ4n) is 2.24. The Morgan fingerprint density at radius 3 is 2.88 bits per heavy atom. The fourth-order valence-corrected chi connectivity index (χ4v) is 2.24. The van der Waals surface area contributed by atoms with E-state index in [4.69, 9.17) is 0 Å². The van der Waals surface area contributed by atoms with E-state index < -0.39 is 0 Å². The summed E-state index contributed by atoms with van der Waals surface area (Å²) in [6.07, 6.45) is 9.96. The molecule has 98 valence electrons. The highest BCUT2D eigenvalue weighted by atomic mass is 16.2. The van der Waals surface area contributed by atoms with Crippen LogP contribution in [0.15, 0.2) is 5.10 Å². The average molecular weight is 238 g/mol. The van der Waals surface area contributed by atoms with E-state index in [9.17, 15) is 4.79 Å². The molecule has 1 fully saturated rings. The second-order valence-electron chi connectivity index (χ2n) is 5.10. The summed E-state index contributed by atoms with van der Waals surface area (Å²) in [5.41, 5.74) is 3.89. The minimum atomic E-state index is 0.0753. The smallest absolute Gasteiger partial charge is 0.240 e. The Hall–Kier alpha value is -0.860. The van der Waals surface area contributed by atoms with E-state index in [1.807, 2.05) is 0 Å². The van der Waals surface area contributed by atoms with Crippen LogP contribution in [-0.2, 0) is 4.79 Å². The molecule has 1 aliphatic rings. The van der Waals surface area contributed by atoms with Gasteiger partial charge >= 0.3 is 0 Å². The predicted molar refractivity (Wildman–Crippen MR) is 72.0 cm³/mol. The van der Waals surface area contributed by atoms with Crippen molar-refractivity contribution in [2.24, 2.45) is 11.0 Å². The predicted octanol–water partition coefficient (Wildman–Crippen LogP) is 3.64. The van der Waals surface area contributed by atoms with E-state index in [1.165, 1.54) is 37.8 Å². The molecule has 0 heterocycles. The van der Waals surface area contributed by atoms with Crippen molar-refractivity contribution in [2.45, 2.75) is 71.6 Å². The highest BCUT2D eigenvalue weighted by molar-refractivity contribution is 5.88. The van der Waals surface area contributed by atoms with E-state index >= 15 is 0 Å². The van der Waals surface area contributed by atoms with Gasteiger partial charge in [-0.15, -0.1) is 0 Å². The molecule has 1 saturated carbocycles. The first kappa shape index (κ1) is 14.2. The third kappa shape index (κ3) is 5.85. The van der Waals surface area contributed by atoms with Crippen LogP contribution in [-0.4, -0.2) is 11.6 Å². The van der Waals surface area contributed by atoms with Crippen molar-refractivity contribution < 1.29 is 4.79 Å². The third-order valence-corrected chi connectivity index (χ3v) is 3.47. The molecule has 3 nitrogen and oxygen atoms in total.